The molecule has 1 atom stereocenters. The Morgan fingerprint density at radius 1 is 1.50 bits per heavy atom. The zero-order valence-electron chi connectivity index (χ0n) is 4.55. The molecule has 2 saturated heterocycles. The van der Waals surface area contributed by atoms with E-state index in [2.05, 4.69) is 0 Å². The molecule has 2 fully saturated rings. The summed E-state index contributed by atoms with van der Waals surface area (Å²) in [5.74, 6) is 0.906. The second-order valence-electron chi connectivity index (χ2n) is 2.48. The third-order valence-electron chi connectivity index (χ3n) is 1.96. The van der Waals surface area contributed by atoms with Crippen molar-refractivity contribution in [2.24, 2.45) is 0 Å². The quantitative estimate of drug-likeness (QED) is 0.431. The molecule has 0 aromatic carbocycles. The Morgan fingerprint density at radius 2 is 2.25 bits per heavy atom. The molecule has 0 amide bonds. The van der Waals surface area contributed by atoms with Gasteiger partial charge in [-0.3, -0.25) is 0 Å². The Bertz CT molecular complexity index is 105. The van der Waals surface area contributed by atoms with Crippen LogP contribution >= 0.6 is 0 Å². The summed E-state index contributed by atoms with van der Waals surface area (Å²) in [6.07, 6.45) is 1.12. The molecular formula is C5H8O2S. The highest BCUT2D eigenvalue weighted by atomic mass is 32.2. The molecule has 8 heavy (non-hydrogen) atoms. The first-order valence-electron chi connectivity index (χ1n) is 2.80. The van der Waals surface area contributed by atoms with Gasteiger partial charge in [0, 0.05) is 6.42 Å². The maximum atomic E-state index is 10.9. The molecule has 0 radical (unpaired) electrons. The standard InChI is InChI=1S/C5H8O2S/c6-8-2-1-5(8)3-7-4-5/h1-4H2. The smallest absolute Gasteiger partial charge is 0.176 e. The van der Waals surface area contributed by atoms with Crippen molar-refractivity contribution in [3.8, 4) is 0 Å². The Labute approximate surface area is 51.4 Å². The van der Waals surface area contributed by atoms with Gasteiger partial charge in [-0.05, 0) is 11.2 Å². The maximum absolute atomic E-state index is 10.9. The molecule has 0 bridgehead atoms. The van der Waals surface area contributed by atoms with E-state index >= 15 is 0 Å². The van der Waals surface area contributed by atoms with Gasteiger partial charge in [-0.15, -0.1) is 0 Å². The topological polar surface area (TPSA) is 32.3 Å². The molecular weight excluding hydrogens is 124 g/mol. The van der Waals surface area contributed by atoms with Crippen LogP contribution in [0.1, 0.15) is 6.42 Å². The average molecular weight is 132 g/mol. The van der Waals surface area contributed by atoms with Gasteiger partial charge in [-0.1, -0.05) is 0 Å². The molecule has 2 heterocycles. The molecule has 0 saturated carbocycles. The van der Waals surface area contributed by atoms with E-state index < -0.39 is 11.2 Å². The normalized spacial score (nSPS) is 40.9. The summed E-state index contributed by atoms with van der Waals surface area (Å²) < 4.78 is 16.0. The highest BCUT2D eigenvalue weighted by Gasteiger charge is 2.57. The lowest BCUT2D eigenvalue weighted by molar-refractivity contribution is -0.0228. The fourth-order valence-corrected chi connectivity index (χ4v) is 2.46. The molecule has 0 aromatic heterocycles. The molecule has 46 valence electrons. The van der Waals surface area contributed by atoms with Crippen LogP contribution in [0.3, 0.4) is 0 Å². The van der Waals surface area contributed by atoms with Gasteiger partial charge in [0.05, 0.1) is 13.2 Å². The van der Waals surface area contributed by atoms with Crippen LogP contribution in [0, 0.1) is 0 Å². The third-order valence-corrected chi connectivity index (χ3v) is 3.94. The van der Waals surface area contributed by atoms with Crippen LogP contribution in [0.5, 0.6) is 0 Å². The van der Waals surface area contributed by atoms with E-state index in [1.54, 1.807) is 0 Å². The lowest BCUT2D eigenvalue weighted by Crippen LogP contribution is -2.64. The van der Waals surface area contributed by atoms with Gasteiger partial charge in [0.1, 0.15) is 5.75 Å². The second kappa shape index (κ2) is 1.40. The molecule has 2 rings (SSSR count). The van der Waals surface area contributed by atoms with E-state index in [0.29, 0.717) is 0 Å². The van der Waals surface area contributed by atoms with E-state index in [1.807, 2.05) is 0 Å². The zero-order valence-corrected chi connectivity index (χ0v) is 5.37. The third kappa shape index (κ3) is 0.424. The number of ether oxygens (including phenoxy) is 1. The molecule has 3 heteroatoms. The van der Waals surface area contributed by atoms with Crippen molar-refractivity contribution in [3.63, 3.8) is 0 Å². The lowest BCUT2D eigenvalue weighted by atomic mass is 10.0. The summed E-state index contributed by atoms with van der Waals surface area (Å²) in [6.45, 7) is 1.50. The predicted molar refractivity (Wildman–Crippen MR) is 31.2 cm³/mol. The Hall–Kier alpha value is 0.270. The van der Waals surface area contributed by atoms with Gasteiger partial charge in [0.2, 0.25) is 0 Å². The zero-order chi connectivity index (χ0) is 5.61. The summed E-state index contributed by atoms with van der Waals surface area (Å²) in [4.78, 5) is 0. The second-order valence-corrected chi connectivity index (χ2v) is 4.44. The molecule has 1 spiro atoms. The van der Waals surface area contributed by atoms with E-state index in [1.165, 1.54) is 0 Å². The fraction of sp³-hybridized carbons (Fsp3) is 1.00. The first-order chi connectivity index (χ1) is 3.83. The number of rotatable bonds is 0. The van der Waals surface area contributed by atoms with Crippen molar-refractivity contribution >= 4 is 11.2 Å². The van der Waals surface area contributed by atoms with Crippen LogP contribution < -0.4 is 0 Å². The maximum Gasteiger partial charge on any atom is 0.176 e. The van der Waals surface area contributed by atoms with Crippen molar-refractivity contribution in [3.05, 3.63) is 0 Å². The Kier molecular flexibility index (Phi) is 0.892. The van der Waals surface area contributed by atoms with Crippen molar-refractivity contribution in [1.82, 2.24) is 0 Å². The molecule has 1 unspecified atom stereocenters. The van der Waals surface area contributed by atoms with Crippen LogP contribution in [-0.2, 0) is 15.9 Å². The van der Waals surface area contributed by atoms with E-state index in [-0.39, 0.29) is 4.75 Å². The predicted octanol–water partition coefficient (Wildman–Crippen LogP) is -0.0922. The van der Waals surface area contributed by atoms with Gasteiger partial charge in [-0.2, -0.15) is 0 Å². The van der Waals surface area contributed by atoms with Crippen molar-refractivity contribution in [2.45, 2.75) is 11.2 Å². The summed E-state index contributed by atoms with van der Waals surface area (Å²) in [5, 5.41) is 0. The van der Waals surface area contributed by atoms with Crippen LogP contribution in [0.4, 0.5) is 0 Å². The van der Waals surface area contributed by atoms with E-state index in [9.17, 15) is 4.55 Å². The van der Waals surface area contributed by atoms with Gasteiger partial charge in [-0.25, -0.2) is 0 Å². The first-order valence-corrected chi connectivity index (χ1v) is 4.12. The molecule has 0 aromatic rings. The van der Waals surface area contributed by atoms with Crippen molar-refractivity contribution in [2.75, 3.05) is 19.0 Å². The van der Waals surface area contributed by atoms with Gasteiger partial charge in [0.25, 0.3) is 0 Å². The minimum atomic E-state index is -0.534. The monoisotopic (exact) mass is 132 g/mol. The van der Waals surface area contributed by atoms with Gasteiger partial charge in [0.15, 0.2) is 4.75 Å². The molecule has 2 aliphatic rings. The van der Waals surface area contributed by atoms with Gasteiger partial charge < -0.3 is 9.29 Å². The molecule has 0 N–H and O–H groups in total. The molecule has 2 aliphatic heterocycles. The van der Waals surface area contributed by atoms with Crippen LogP contribution in [-0.4, -0.2) is 28.3 Å². The molecule has 2 nitrogen and oxygen atoms in total. The SMILES string of the molecule is [O-][S+]1CCC12COC2. The van der Waals surface area contributed by atoms with Crippen molar-refractivity contribution < 1.29 is 9.29 Å². The fourth-order valence-electron chi connectivity index (χ4n) is 1.08. The van der Waals surface area contributed by atoms with E-state index in [4.69, 9.17) is 4.74 Å². The summed E-state index contributed by atoms with van der Waals surface area (Å²) in [6, 6.07) is 0. The summed E-state index contributed by atoms with van der Waals surface area (Å²) in [5.41, 5.74) is 0. The summed E-state index contributed by atoms with van der Waals surface area (Å²) in [7, 11) is 0. The highest BCUT2D eigenvalue weighted by molar-refractivity contribution is 7.94. The van der Waals surface area contributed by atoms with Crippen LogP contribution in [0.25, 0.3) is 0 Å². The number of hydrogen-bond donors (Lipinski definition) is 0. The number of hydrogen-bond acceptors (Lipinski definition) is 2. The van der Waals surface area contributed by atoms with E-state index in [0.717, 1.165) is 25.4 Å². The summed E-state index contributed by atoms with van der Waals surface area (Å²) >= 11 is -0.534. The first kappa shape index (κ1) is 5.09. The Morgan fingerprint density at radius 3 is 2.25 bits per heavy atom. The van der Waals surface area contributed by atoms with Crippen LogP contribution in [0.15, 0.2) is 0 Å². The average Bonchev–Trinajstić information content (AvgIpc) is 1.58. The van der Waals surface area contributed by atoms with Crippen LogP contribution in [0.2, 0.25) is 0 Å². The largest absolute Gasteiger partial charge is 0.616 e. The van der Waals surface area contributed by atoms with Gasteiger partial charge >= 0.3 is 0 Å². The molecule has 0 aliphatic carbocycles. The Balaban J connectivity index is 2.03. The minimum absolute atomic E-state index is 0.153. The lowest BCUT2D eigenvalue weighted by Gasteiger charge is -2.48. The van der Waals surface area contributed by atoms with Crippen molar-refractivity contribution in [1.29, 1.82) is 0 Å². The minimum Gasteiger partial charge on any atom is -0.616 e. The highest BCUT2D eigenvalue weighted by Crippen LogP contribution is 2.39.